The van der Waals surface area contributed by atoms with Crippen LogP contribution in [-0.2, 0) is 9.53 Å². The number of nitrogens with one attached hydrogen (secondary N) is 1. The van der Waals surface area contributed by atoms with Gasteiger partial charge in [-0.2, -0.15) is 0 Å². The Morgan fingerprint density at radius 1 is 1.18 bits per heavy atom. The van der Waals surface area contributed by atoms with Crippen LogP contribution in [0, 0.1) is 0 Å². The molecule has 1 aliphatic rings. The third-order valence-electron chi connectivity index (χ3n) is 3.28. The fraction of sp³-hybridized carbons (Fsp3) is 0.500. The highest BCUT2D eigenvalue weighted by atomic mass is 16.7. The van der Waals surface area contributed by atoms with Crippen LogP contribution in [-0.4, -0.2) is 63.6 Å². The monoisotopic (exact) mass is 313 g/mol. The van der Waals surface area contributed by atoms with Crippen LogP contribution in [0.4, 0.5) is 5.69 Å². The van der Waals surface area contributed by atoms with Crippen molar-refractivity contribution in [3.05, 3.63) is 24.3 Å². The molecule has 1 aliphatic heterocycles. The molecule has 0 bridgehead atoms. The van der Waals surface area contributed by atoms with Gasteiger partial charge in [-0.05, 0) is 24.3 Å². The van der Waals surface area contributed by atoms with Crippen LogP contribution < -0.4 is 10.1 Å². The van der Waals surface area contributed by atoms with E-state index < -0.39 is 37.3 Å². The van der Waals surface area contributed by atoms with E-state index in [1.807, 2.05) is 0 Å². The summed E-state index contributed by atoms with van der Waals surface area (Å²) in [4.78, 5) is 10.9. The number of benzene rings is 1. The average Bonchev–Trinajstić information content (AvgIpc) is 2.49. The molecule has 8 nitrogen and oxygen atoms in total. The zero-order valence-corrected chi connectivity index (χ0v) is 11.9. The number of hydrogen-bond acceptors (Lipinski definition) is 7. The van der Waals surface area contributed by atoms with Crippen molar-refractivity contribution in [2.75, 3.05) is 11.9 Å². The maximum Gasteiger partial charge on any atom is 0.229 e. The van der Waals surface area contributed by atoms with Crippen molar-refractivity contribution >= 4 is 11.6 Å². The number of aliphatic hydroxyl groups excluding tert-OH is 4. The molecular weight excluding hydrogens is 294 g/mol. The Balaban J connectivity index is 2.04. The van der Waals surface area contributed by atoms with Gasteiger partial charge in [0, 0.05) is 12.6 Å². The maximum absolute atomic E-state index is 10.9. The molecule has 1 aromatic rings. The van der Waals surface area contributed by atoms with E-state index in [0.29, 0.717) is 11.4 Å². The summed E-state index contributed by atoms with van der Waals surface area (Å²) in [5.74, 6) is 0.126. The van der Waals surface area contributed by atoms with E-state index in [1.165, 1.54) is 6.92 Å². The summed E-state index contributed by atoms with van der Waals surface area (Å²) in [5.41, 5.74) is 0.577. The fourth-order valence-corrected chi connectivity index (χ4v) is 2.12. The lowest BCUT2D eigenvalue weighted by atomic mass is 9.99. The zero-order chi connectivity index (χ0) is 16.3. The number of aliphatic hydroxyl groups is 4. The van der Waals surface area contributed by atoms with E-state index in [4.69, 9.17) is 14.6 Å². The molecule has 0 aliphatic carbocycles. The molecule has 8 heteroatoms. The van der Waals surface area contributed by atoms with Gasteiger partial charge < -0.3 is 35.2 Å². The SMILES string of the molecule is CC(=O)Nc1ccc(O[C@H]2OC(CO)[C@@H](O)[C@H](O)C2O)cc1. The first-order valence-electron chi connectivity index (χ1n) is 6.77. The number of ether oxygens (including phenoxy) is 2. The Bertz CT molecular complexity index is 504. The van der Waals surface area contributed by atoms with Crippen LogP contribution in [0.25, 0.3) is 0 Å². The van der Waals surface area contributed by atoms with Gasteiger partial charge in [-0.15, -0.1) is 0 Å². The zero-order valence-electron chi connectivity index (χ0n) is 11.9. The molecule has 1 saturated heterocycles. The largest absolute Gasteiger partial charge is 0.462 e. The number of hydrogen-bond donors (Lipinski definition) is 5. The van der Waals surface area contributed by atoms with Crippen molar-refractivity contribution in [3.63, 3.8) is 0 Å². The van der Waals surface area contributed by atoms with Gasteiger partial charge >= 0.3 is 0 Å². The summed E-state index contributed by atoms with van der Waals surface area (Å²) < 4.78 is 10.6. The molecule has 1 aromatic carbocycles. The molecule has 0 spiro atoms. The number of carbonyl (C=O) groups excluding carboxylic acids is 1. The van der Waals surface area contributed by atoms with E-state index in [9.17, 15) is 20.1 Å². The second-order valence-corrected chi connectivity index (χ2v) is 5.02. The van der Waals surface area contributed by atoms with Gasteiger partial charge in [0.05, 0.1) is 6.61 Å². The first kappa shape index (κ1) is 16.7. The summed E-state index contributed by atoms with van der Waals surface area (Å²) in [5, 5.41) is 40.9. The molecule has 0 saturated carbocycles. The van der Waals surface area contributed by atoms with Crippen LogP contribution in [0.5, 0.6) is 5.75 Å². The van der Waals surface area contributed by atoms with Crippen LogP contribution in [0.1, 0.15) is 6.92 Å². The lowest BCUT2D eigenvalue weighted by Crippen LogP contribution is -2.60. The number of carbonyl (C=O) groups is 1. The predicted molar refractivity (Wildman–Crippen MR) is 75.1 cm³/mol. The minimum absolute atomic E-state index is 0.206. The second-order valence-electron chi connectivity index (χ2n) is 5.02. The highest BCUT2D eigenvalue weighted by Gasteiger charge is 2.44. The van der Waals surface area contributed by atoms with Crippen molar-refractivity contribution < 1.29 is 34.7 Å². The minimum Gasteiger partial charge on any atom is -0.462 e. The summed E-state index contributed by atoms with van der Waals surface area (Å²) in [6.07, 6.45) is -6.64. The van der Waals surface area contributed by atoms with Crippen LogP contribution in [0.3, 0.4) is 0 Å². The Morgan fingerprint density at radius 3 is 2.36 bits per heavy atom. The third kappa shape index (κ3) is 3.73. The van der Waals surface area contributed by atoms with Crippen molar-refractivity contribution in [1.29, 1.82) is 0 Å². The highest BCUT2D eigenvalue weighted by molar-refractivity contribution is 5.88. The van der Waals surface area contributed by atoms with Crippen molar-refractivity contribution in [3.8, 4) is 5.75 Å². The van der Waals surface area contributed by atoms with Gasteiger partial charge in [-0.1, -0.05) is 0 Å². The first-order chi connectivity index (χ1) is 10.4. The van der Waals surface area contributed by atoms with Gasteiger partial charge in [0.25, 0.3) is 0 Å². The fourth-order valence-electron chi connectivity index (χ4n) is 2.12. The third-order valence-corrected chi connectivity index (χ3v) is 3.28. The molecule has 122 valence electrons. The van der Waals surface area contributed by atoms with Gasteiger partial charge in [0.1, 0.15) is 30.2 Å². The van der Waals surface area contributed by atoms with E-state index in [-0.39, 0.29) is 5.91 Å². The second kappa shape index (κ2) is 7.03. The van der Waals surface area contributed by atoms with Crippen LogP contribution in [0.2, 0.25) is 0 Å². The molecule has 0 radical (unpaired) electrons. The first-order valence-corrected chi connectivity index (χ1v) is 6.77. The van der Waals surface area contributed by atoms with Crippen LogP contribution in [0.15, 0.2) is 24.3 Å². The topological polar surface area (TPSA) is 128 Å². The highest BCUT2D eigenvalue weighted by Crippen LogP contribution is 2.25. The summed E-state index contributed by atoms with van der Waals surface area (Å²) in [6.45, 7) is 0.866. The Hall–Kier alpha value is -1.71. The smallest absolute Gasteiger partial charge is 0.229 e. The number of amides is 1. The normalized spacial score (nSPS) is 31.6. The Morgan fingerprint density at radius 2 is 1.82 bits per heavy atom. The van der Waals surface area contributed by atoms with Gasteiger partial charge in [-0.3, -0.25) is 4.79 Å². The van der Waals surface area contributed by atoms with Gasteiger partial charge in [-0.25, -0.2) is 0 Å². The maximum atomic E-state index is 10.9. The Kier molecular flexibility index (Phi) is 5.33. The molecule has 1 heterocycles. The van der Waals surface area contributed by atoms with E-state index in [0.717, 1.165) is 0 Å². The Labute approximate surface area is 126 Å². The molecular formula is C14H19NO7. The van der Waals surface area contributed by atoms with Gasteiger partial charge in [0.15, 0.2) is 0 Å². The summed E-state index contributed by atoms with van der Waals surface area (Å²) in [7, 11) is 0. The molecule has 22 heavy (non-hydrogen) atoms. The van der Waals surface area contributed by atoms with Crippen molar-refractivity contribution in [2.45, 2.75) is 37.6 Å². The molecule has 1 fully saturated rings. The standard InChI is InChI=1S/C14H19NO7/c1-7(17)15-8-2-4-9(5-3-8)21-14-13(20)12(19)11(18)10(6-16)22-14/h2-5,10-14,16,18-20H,6H2,1H3,(H,15,17)/t10?,11-,12+,13?,14+/m1/s1. The van der Waals surface area contributed by atoms with E-state index in [2.05, 4.69) is 5.32 Å². The summed E-state index contributed by atoms with van der Waals surface area (Å²) in [6, 6.07) is 6.29. The predicted octanol–water partition coefficient (Wildman–Crippen LogP) is -1.18. The molecule has 0 aromatic heterocycles. The molecule has 2 unspecified atom stereocenters. The van der Waals surface area contributed by atoms with Gasteiger partial charge in [0.2, 0.25) is 12.2 Å². The minimum atomic E-state index is -1.49. The molecule has 5 atom stereocenters. The van der Waals surface area contributed by atoms with E-state index in [1.54, 1.807) is 24.3 Å². The lowest BCUT2D eigenvalue weighted by molar-refractivity contribution is -0.277. The number of anilines is 1. The van der Waals surface area contributed by atoms with Crippen molar-refractivity contribution in [1.82, 2.24) is 0 Å². The van der Waals surface area contributed by atoms with E-state index >= 15 is 0 Å². The molecule has 5 N–H and O–H groups in total. The number of rotatable bonds is 4. The van der Waals surface area contributed by atoms with Crippen LogP contribution >= 0.6 is 0 Å². The molecule has 2 rings (SSSR count). The molecule has 1 amide bonds. The van der Waals surface area contributed by atoms with Crippen molar-refractivity contribution in [2.24, 2.45) is 0 Å². The lowest BCUT2D eigenvalue weighted by Gasteiger charge is -2.39. The quantitative estimate of drug-likeness (QED) is 0.473. The summed E-state index contributed by atoms with van der Waals surface area (Å²) >= 11 is 0. The average molecular weight is 313 g/mol.